The minimum atomic E-state index is -1.28. The van der Waals surface area contributed by atoms with Crippen molar-refractivity contribution in [2.75, 3.05) is 0 Å². The number of aromatic carboxylic acids is 1. The number of aromatic hydroxyl groups is 1. The van der Waals surface area contributed by atoms with E-state index in [2.05, 4.69) is 9.97 Å². The number of carboxylic acids is 1. The third-order valence-corrected chi connectivity index (χ3v) is 2.13. The molecule has 0 amide bonds. The molecule has 2 rings (SSSR count). The molecular formula is C12H8N2O5. The predicted octanol–water partition coefficient (Wildman–Crippen LogP) is 1.10. The largest absolute Gasteiger partial charge is 0.504 e. The first-order valence-electron chi connectivity index (χ1n) is 5.14. The first-order chi connectivity index (χ1) is 9.08. The van der Waals surface area contributed by atoms with E-state index in [1.807, 2.05) is 0 Å². The third-order valence-electron chi connectivity index (χ3n) is 2.13. The molecule has 0 spiro atoms. The van der Waals surface area contributed by atoms with Crippen LogP contribution in [-0.2, 0) is 0 Å². The highest BCUT2D eigenvalue weighted by molar-refractivity contribution is 5.90. The van der Waals surface area contributed by atoms with Crippen molar-refractivity contribution in [3.05, 3.63) is 48.0 Å². The van der Waals surface area contributed by atoms with Crippen LogP contribution in [0.5, 0.6) is 11.5 Å². The normalized spacial score (nSPS) is 9.89. The van der Waals surface area contributed by atoms with Crippen molar-refractivity contribution in [1.82, 2.24) is 9.97 Å². The molecule has 0 saturated heterocycles. The number of carboxylic acid groups (broad SMARTS) is 1. The van der Waals surface area contributed by atoms with Gasteiger partial charge >= 0.3 is 11.9 Å². The molecule has 0 saturated carbocycles. The molecule has 0 radical (unpaired) electrons. The lowest BCUT2D eigenvalue weighted by molar-refractivity contribution is 0.0688. The SMILES string of the molecule is O=C(O)c1ccnc(C(=O)Oc2ccccc2O)n1. The topological polar surface area (TPSA) is 110 Å². The summed E-state index contributed by atoms with van der Waals surface area (Å²) in [7, 11) is 0. The molecule has 2 aromatic rings. The van der Waals surface area contributed by atoms with Crippen LogP contribution in [0.25, 0.3) is 0 Å². The maximum atomic E-state index is 11.7. The van der Waals surface area contributed by atoms with Crippen molar-refractivity contribution in [2.45, 2.75) is 0 Å². The highest BCUT2D eigenvalue weighted by Crippen LogP contribution is 2.24. The van der Waals surface area contributed by atoms with Crippen LogP contribution >= 0.6 is 0 Å². The van der Waals surface area contributed by atoms with E-state index in [-0.39, 0.29) is 17.2 Å². The molecular weight excluding hydrogens is 252 g/mol. The number of hydrogen-bond acceptors (Lipinski definition) is 6. The van der Waals surface area contributed by atoms with Crippen LogP contribution in [0.2, 0.25) is 0 Å². The Labute approximate surface area is 107 Å². The molecule has 1 heterocycles. The Morgan fingerprint density at radius 3 is 2.58 bits per heavy atom. The molecule has 0 aliphatic heterocycles. The maximum absolute atomic E-state index is 11.7. The van der Waals surface area contributed by atoms with E-state index in [0.29, 0.717) is 0 Å². The molecule has 96 valence electrons. The molecule has 0 fully saturated rings. The molecule has 0 atom stereocenters. The fourth-order valence-corrected chi connectivity index (χ4v) is 1.27. The van der Waals surface area contributed by atoms with Gasteiger partial charge in [-0.3, -0.25) is 0 Å². The van der Waals surface area contributed by atoms with Crippen molar-refractivity contribution in [3.63, 3.8) is 0 Å². The van der Waals surface area contributed by atoms with Crippen molar-refractivity contribution in [1.29, 1.82) is 0 Å². The number of carbonyl (C=O) groups is 2. The predicted molar refractivity (Wildman–Crippen MR) is 62.1 cm³/mol. The Morgan fingerprint density at radius 2 is 1.89 bits per heavy atom. The molecule has 7 heteroatoms. The Morgan fingerprint density at radius 1 is 1.16 bits per heavy atom. The Balaban J connectivity index is 2.23. The van der Waals surface area contributed by atoms with Gasteiger partial charge in [0.15, 0.2) is 17.2 Å². The summed E-state index contributed by atoms with van der Waals surface area (Å²) in [6.07, 6.45) is 1.14. The number of carbonyl (C=O) groups excluding carboxylic acids is 1. The fourth-order valence-electron chi connectivity index (χ4n) is 1.27. The summed E-state index contributed by atoms with van der Waals surface area (Å²) in [4.78, 5) is 29.5. The van der Waals surface area contributed by atoms with Crippen LogP contribution < -0.4 is 4.74 Å². The standard InChI is InChI=1S/C12H8N2O5/c15-8-3-1-2-4-9(8)19-12(18)10-13-6-5-7(14-10)11(16)17/h1-6,15H,(H,16,17). The highest BCUT2D eigenvalue weighted by Gasteiger charge is 2.16. The molecule has 2 N–H and O–H groups in total. The summed E-state index contributed by atoms with van der Waals surface area (Å²) < 4.78 is 4.86. The first kappa shape index (κ1) is 12.5. The van der Waals surface area contributed by atoms with Gasteiger partial charge in [-0.1, -0.05) is 12.1 Å². The van der Waals surface area contributed by atoms with E-state index in [9.17, 15) is 14.7 Å². The molecule has 7 nitrogen and oxygen atoms in total. The van der Waals surface area contributed by atoms with Crippen molar-refractivity contribution in [3.8, 4) is 11.5 Å². The van der Waals surface area contributed by atoms with Crippen molar-refractivity contribution in [2.24, 2.45) is 0 Å². The fraction of sp³-hybridized carbons (Fsp3) is 0. The van der Waals surface area contributed by atoms with Gasteiger partial charge < -0.3 is 14.9 Å². The summed E-state index contributed by atoms with van der Waals surface area (Å²) in [5.41, 5.74) is -0.320. The summed E-state index contributed by atoms with van der Waals surface area (Å²) in [6.45, 7) is 0. The second-order valence-electron chi connectivity index (χ2n) is 3.43. The minimum absolute atomic E-state index is 0.0585. The zero-order valence-electron chi connectivity index (χ0n) is 9.48. The maximum Gasteiger partial charge on any atom is 0.381 e. The lowest BCUT2D eigenvalue weighted by atomic mass is 10.3. The average Bonchev–Trinajstić information content (AvgIpc) is 2.41. The lowest BCUT2D eigenvalue weighted by Crippen LogP contribution is -2.15. The third kappa shape index (κ3) is 2.83. The van der Waals surface area contributed by atoms with Crippen LogP contribution in [0, 0.1) is 0 Å². The van der Waals surface area contributed by atoms with Gasteiger partial charge in [0.1, 0.15) is 0 Å². The number of phenolic OH excluding ortho intramolecular Hbond substituents is 1. The second kappa shape index (κ2) is 5.13. The molecule has 1 aromatic carbocycles. The van der Waals surface area contributed by atoms with Crippen LogP contribution in [-0.4, -0.2) is 32.1 Å². The second-order valence-corrected chi connectivity index (χ2v) is 3.43. The molecule has 1 aromatic heterocycles. The highest BCUT2D eigenvalue weighted by atomic mass is 16.5. The monoisotopic (exact) mass is 260 g/mol. The quantitative estimate of drug-likeness (QED) is 0.628. The first-order valence-corrected chi connectivity index (χ1v) is 5.14. The van der Waals surface area contributed by atoms with Crippen LogP contribution in [0.15, 0.2) is 36.5 Å². The number of hydrogen-bond donors (Lipinski definition) is 2. The molecule has 0 bridgehead atoms. The van der Waals surface area contributed by atoms with Crippen LogP contribution in [0.4, 0.5) is 0 Å². The molecule has 0 unspecified atom stereocenters. The van der Waals surface area contributed by atoms with Crippen molar-refractivity contribution >= 4 is 11.9 Å². The number of phenols is 1. The van der Waals surface area contributed by atoms with E-state index in [1.54, 1.807) is 12.1 Å². The van der Waals surface area contributed by atoms with E-state index in [1.165, 1.54) is 12.1 Å². The number of para-hydroxylation sites is 2. The smallest absolute Gasteiger partial charge is 0.381 e. The van der Waals surface area contributed by atoms with E-state index in [4.69, 9.17) is 9.84 Å². The van der Waals surface area contributed by atoms with Gasteiger partial charge in [-0.15, -0.1) is 0 Å². The van der Waals surface area contributed by atoms with Crippen LogP contribution in [0.3, 0.4) is 0 Å². The zero-order valence-corrected chi connectivity index (χ0v) is 9.48. The Kier molecular flexibility index (Phi) is 3.37. The van der Waals surface area contributed by atoms with E-state index in [0.717, 1.165) is 12.3 Å². The Hall–Kier alpha value is -2.96. The summed E-state index contributed by atoms with van der Waals surface area (Å²) in [5.74, 6) is -2.91. The number of aromatic nitrogens is 2. The minimum Gasteiger partial charge on any atom is -0.504 e. The average molecular weight is 260 g/mol. The van der Waals surface area contributed by atoms with Gasteiger partial charge in [0.05, 0.1) is 0 Å². The van der Waals surface area contributed by atoms with Crippen molar-refractivity contribution < 1.29 is 24.5 Å². The summed E-state index contributed by atoms with van der Waals surface area (Å²) in [5, 5.41) is 18.2. The van der Waals surface area contributed by atoms with Gasteiger partial charge in [0, 0.05) is 6.20 Å². The Bertz CT molecular complexity index is 642. The molecule has 0 aliphatic carbocycles. The summed E-state index contributed by atoms with van der Waals surface area (Å²) in [6, 6.07) is 7.01. The van der Waals surface area contributed by atoms with Gasteiger partial charge in [-0.05, 0) is 18.2 Å². The van der Waals surface area contributed by atoms with Crippen LogP contribution in [0.1, 0.15) is 21.1 Å². The number of esters is 1. The number of nitrogens with zero attached hydrogens (tertiary/aromatic N) is 2. The van der Waals surface area contributed by atoms with Gasteiger partial charge in [0.2, 0.25) is 5.82 Å². The van der Waals surface area contributed by atoms with Gasteiger partial charge in [0.25, 0.3) is 0 Å². The van der Waals surface area contributed by atoms with E-state index >= 15 is 0 Å². The lowest BCUT2D eigenvalue weighted by Gasteiger charge is -2.04. The number of benzene rings is 1. The number of rotatable bonds is 3. The molecule has 0 aliphatic rings. The van der Waals surface area contributed by atoms with Gasteiger partial charge in [-0.2, -0.15) is 0 Å². The number of ether oxygens (including phenoxy) is 1. The van der Waals surface area contributed by atoms with E-state index < -0.39 is 17.8 Å². The van der Waals surface area contributed by atoms with Gasteiger partial charge in [-0.25, -0.2) is 19.6 Å². The zero-order chi connectivity index (χ0) is 13.8. The molecule has 19 heavy (non-hydrogen) atoms. The summed E-state index contributed by atoms with van der Waals surface area (Å²) >= 11 is 0.